The lowest BCUT2D eigenvalue weighted by atomic mass is 10.4. The van der Waals surface area contributed by atoms with E-state index in [2.05, 4.69) is 26.2 Å². The van der Waals surface area contributed by atoms with Crippen molar-refractivity contribution in [2.75, 3.05) is 26.8 Å². The van der Waals surface area contributed by atoms with Gasteiger partial charge in [-0.1, -0.05) is 0 Å². The molecule has 0 atom stereocenters. The molecular weight excluding hydrogens is 286 g/mol. The highest BCUT2D eigenvalue weighted by molar-refractivity contribution is 9.10. The van der Waals surface area contributed by atoms with E-state index in [4.69, 9.17) is 4.74 Å². The third-order valence-electron chi connectivity index (χ3n) is 2.42. The molecule has 0 aromatic carbocycles. The molecule has 0 aliphatic carbocycles. The Hall–Kier alpha value is -0.720. The van der Waals surface area contributed by atoms with E-state index in [0.29, 0.717) is 11.0 Å². The van der Waals surface area contributed by atoms with Gasteiger partial charge in [0.05, 0.1) is 0 Å². The maximum atomic E-state index is 11.8. The summed E-state index contributed by atoms with van der Waals surface area (Å²) in [5.41, 5.74) is -0.0313. The van der Waals surface area contributed by atoms with Crippen molar-refractivity contribution in [1.82, 2.24) is 14.9 Å². The molecule has 1 N–H and O–H groups in total. The Labute approximate surface area is 109 Å². The highest BCUT2D eigenvalue weighted by Crippen LogP contribution is 2.00. The summed E-state index contributed by atoms with van der Waals surface area (Å²) in [5.74, 6) is 0.733. The third kappa shape index (κ3) is 4.57. The first-order valence-electron chi connectivity index (χ1n) is 5.58. The quantitative estimate of drug-likeness (QED) is 0.762. The van der Waals surface area contributed by atoms with E-state index >= 15 is 0 Å². The molecule has 0 radical (unpaired) electrons. The normalized spacial score (nSPS) is 10.8. The summed E-state index contributed by atoms with van der Waals surface area (Å²) in [7, 11) is 1.69. The molecule has 1 aromatic rings. The number of rotatable bonds is 7. The van der Waals surface area contributed by atoms with Crippen LogP contribution in [0, 0.1) is 6.92 Å². The highest BCUT2D eigenvalue weighted by Gasteiger charge is 2.04. The molecule has 1 rings (SSSR count). The van der Waals surface area contributed by atoms with Crippen LogP contribution in [0.15, 0.2) is 15.5 Å². The molecule has 1 heterocycles. The van der Waals surface area contributed by atoms with Gasteiger partial charge in [-0.25, -0.2) is 4.98 Å². The van der Waals surface area contributed by atoms with Crippen LogP contribution in [0.4, 0.5) is 0 Å². The van der Waals surface area contributed by atoms with Gasteiger partial charge in [0.15, 0.2) is 0 Å². The fourth-order valence-corrected chi connectivity index (χ4v) is 1.79. The predicted molar refractivity (Wildman–Crippen MR) is 70.3 cm³/mol. The zero-order valence-corrected chi connectivity index (χ0v) is 11.8. The summed E-state index contributed by atoms with van der Waals surface area (Å²) in [6, 6.07) is 0. The fraction of sp³-hybridized carbons (Fsp3) is 0.636. The number of aromatic nitrogens is 2. The zero-order valence-electron chi connectivity index (χ0n) is 10.2. The van der Waals surface area contributed by atoms with E-state index in [9.17, 15) is 4.79 Å². The number of nitrogens with zero attached hydrogens (tertiary/aromatic N) is 2. The van der Waals surface area contributed by atoms with Gasteiger partial charge in [0.25, 0.3) is 5.56 Å². The first-order valence-corrected chi connectivity index (χ1v) is 6.37. The van der Waals surface area contributed by atoms with Crippen LogP contribution in [-0.4, -0.2) is 36.4 Å². The van der Waals surface area contributed by atoms with Gasteiger partial charge in [-0.15, -0.1) is 0 Å². The second-order valence-electron chi connectivity index (χ2n) is 3.71. The molecular formula is C11H18BrN3O2. The Morgan fingerprint density at radius 3 is 3.00 bits per heavy atom. The predicted octanol–water partition coefficient (Wildman–Crippen LogP) is 0.940. The van der Waals surface area contributed by atoms with Gasteiger partial charge in [-0.05, 0) is 35.8 Å². The maximum Gasteiger partial charge on any atom is 0.267 e. The number of nitrogens with one attached hydrogen (secondary N) is 1. The van der Waals surface area contributed by atoms with Crippen LogP contribution < -0.4 is 10.9 Å². The molecule has 0 saturated heterocycles. The lowest BCUT2D eigenvalue weighted by Gasteiger charge is -2.10. The molecule has 0 saturated carbocycles. The van der Waals surface area contributed by atoms with Crippen LogP contribution in [0.5, 0.6) is 0 Å². The number of aryl methyl sites for hydroxylation is 1. The lowest BCUT2D eigenvalue weighted by Crippen LogP contribution is -2.30. The SMILES string of the molecule is COCCCNCCn1c(C)ncc(Br)c1=O. The van der Waals surface area contributed by atoms with Crippen LogP contribution in [0.1, 0.15) is 12.2 Å². The molecule has 0 spiro atoms. The number of methoxy groups -OCH3 is 1. The topological polar surface area (TPSA) is 56.1 Å². The molecule has 0 aliphatic rings. The maximum absolute atomic E-state index is 11.8. The summed E-state index contributed by atoms with van der Waals surface area (Å²) in [6.07, 6.45) is 2.52. The zero-order chi connectivity index (χ0) is 12.7. The second kappa shape index (κ2) is 7.58. The van der Waals surface area contributed by atoms with Gasteiger partial charge >= 0.3 is 0 Å². The standard InChI is InChI=1S/C11H18BrN3O2/c1-9-14-8-10(12)11(16)15(9)6-5-13-4-3-7-17-2/h8,13H,3-7H2,1-2H3. The summed E-state index contributed by atoms with van der Waals surface area (Å²) < 4.78 is 7.11. The molecule has 0 aliphatic heterocycles. The largest absolute Gasteiger partial charge is 0.385 e. The average molecular weight is 304 g/mol. The number of hydrogen-bond acceptors (Lipinski definition) is 4. The van der Waals surface area contributed by atoms with Crippen LogP contribution in [0.25, 0.3) is 0 Å². The van der Waals surface area contributed by atoms with Crippen molar-refractivity contribution in [2.24, 2.45) is 0 Å². The summed E-state index contributed by atoms with van der Waals surface area (Å²) >= 11 is 3.19. The van der Waals surface area contributed by atoms with Gasteiger partial charge < -0.3 is 10.1 Å². The fourth-order valence-electron chi connectivity index (χ4n) is 1.47. The molecule has 6 heteroatoms. The Morgan fingerprint density at radius 2 is 2.29 bits per heavy atom. The van der Waals surface area contributed by atoms with Crippen molar-refractivity contribution >= 4 is 15.9 Å². The summed E-state index contributed by atoms with van der Waals surface area (Å²) in [6.45, 7) is 4.86. The molecule has 0 fully saturated rings. The van der Waals surface area contributed by atoms with Crippen LogP contribution in [0.3, 0.4) is 0 Å². The van der Waals surface area contributed by atoms with Gasteiger partial charge in [-0.2, -0.15) is 0 Å². The molecule has 5 nitrogen and oxygen atoms in total. The van der Waals surface area contributed by atoms with Gasteiger partial charge in [0, 0.05) is 33.0 Å². The first kappa shape index (κ1) is 14.3. The lowest BCUT2D eigenvalue weighted by molar-refractivity contribution is 0.194. The van der Waals surface area contributed by atoms with Gasteiger partial charge in [0.2, 0.25) is 0 Å². The molecule has 96 valence electrons. The minimum absolute atomic E-state index is 0.0313. The monoisotopic (exact) mass is 303 g/mol. The average Bonchev–Trinajstić information content (AvgIpc) is 2.32. The van der Waals surface area contributed by atoms with Gasteiger partial charge in [-0.3, -0.25) is 9.36 Å². The van der Waals surface area contributed by atoms with E-state index in [0.717, 1.165) is 31.9 Å². The summed E-state index contributed by atoms with van der Waals surface area (Å²) in [5, 5.41) is 3.26. The third-order valence-corrected chi connectivity index (χ3v) is 2.96. The van der Waals surface area contributed by atoms with E-state index < -0.39 is 0 Å². The Kier molecular flexibility index (Phi) is 6.39. The van der Waals surface area contributed by atoms with Crippen molar-refractivity contribution in [3.8, 4) is 0 Å². The highest BCUT2D eigenvalue weighted by atomic mass is 79.9. The van der Waals surface area contributed by atoms with Crippen molar-refractivity contribution in [2.45, 2.75) is 19.9 Å². The minimum Gasteiger partial charge on any atom is -0.385 e. The Bertz CT molecular complexity index is 406. The smallest absolute Gasteiger partial charge is 0.267 e. The van der Waals surface area contributed by atoms with Crippen molar-refractivity contribution in [3.63, 3.8) is 0 Å². The minimum atomic E-state index is -0.0313. The van der Waals surface area contributed by atoms with Crippen LogP contribution in [0.2, 0.25) is 0 Å². The Balaban J connectivity index is 2.42. The molecule has 0 amide bonds. The van der Waals surface area contributed by atoms with E-state index in [1.165, 1.54) is 0 Å². The van der Waals surface area contributed by atoms with Crippen molar-refractivity contribution < 1.29 is 4.74 Å². The van der Waals surface area contributed by atoms with Crippen LogP contribution in [-0.2, 0) is 11.3 Å². The number of hydrogen-bond donors (Lipinski definition) is 1. The van der Waals surface area contributed by atoms with E-state index in [1.54, 1.807) is 17.9 Å². The number of ether oxygens (including phenoxy) is 1. The molecule has 1 aromatic heterocycles. The molecule has 0 bridgehead atoms. The molecule has 0 unspecified atom stereocenters. The summed E-state index contributed by atoms with van der Waals surface area (Å²) in [4.78, 5) is 15.9. The van der Waals surface area contributed by atoms with E-state index in [1.807, 2.05) is 6.92 Å². The second-order valence-corrected chi connectivity index (χ2v) is 4.56. The first-order chi connectivity index (χ1) is 8.16. The van der Waals surface area contributed by atoms with Crippen molar-refractivity contribution in [1.29, 1.82) is 0 Å². The van der Waals surface area contributed by atoms with Gasteiger partial charge in [0.1, 0.15) is 10.3 Å². The van der Waals surface area contributed by atoms with E-state index in [-0.39, 0.29) is 5.56 Å². The van der Waals surface area contributed by atoms with Crippen LogP contribution >= 0.6 is 15.9 Å². The Morgan fingerprint density at radius 1 is 1.53 bits per heavy atom. The molecule has 17 heavy (non-hydrogen) atoms. The van der Waals surface area contributed by atoms with Crippen molar-refractivity contribution in [3.05, 3.63) is 26.8 Å². The number of halogens is 1.